The van der Waals surface area contributed by atoms with Gasteiger partial charge >= 0.3 is 0 Å². The number of para-hydroxylation sites is 1. The number of nitrogens with zero attached hydrogens (tertiary/aromatic N) is 2. The van der Waals surface area contributed by atoms with E-state index >= 15 is 0 Å². The molecule has 1 amide bonds. The predicted molar refractivity (Wildman–Crippen MR) is 135 cm³/mol. The van der Waals surface area contributed by atoms with Crippen molar-refractivity contribution in [2.24, 2.45) is 0 Å². The van der Waals surface area contributed by atoms with E-state index in [0.29, 0.717) is 10.7 Å². The second-order valence-electron chi connectivity index (χ2n) is 7.81. The van der Waals surface area contributed by atoms with Crippen molar-refractivity contribution in [3.05, 3.63) is 94.9 Å². The van der Waals surface area contributed by atoms with E-state index in [1.165, 1.54) is 28.2 Å². The van der Waals surface area contributed by atoms with Crippen molar-refractivity contribution in [3.8, 4) is 11.3 Å². The van der Waals surface area contributed by atoms with Gasteiger partial charge in [0.1, 0.15) is 0 Å². The van der Waals surface area contributed by atoms with Crippen molar-refractivity contribution in [2.45, 2.75) is 24.7 Å². The van der Waals surface area contributed by atoms with E-state index in [0.717, 1.165) is 35.5 Å². The molecule has 4 aromatic rings. The molecular weight excluding hydrogens is 434 g/mol. The first-order valence-corrected chi connectivity index (χ1v) is 12.3. The van der Waals surface area contributed by atoms with Gasteiger partial charge in [0.15, 0.2) is 5.13 Å². The Balaban J connectivity index is 1.24. The van der Waals surface area contributed by atoms with Gasteiger partial charge in [0, 0.05) is 27.9 Å². The van der Waals surface area contributed by atoms with E-state index in [2.05, 4.69) is 57.9 Å². The zero-order valence-electron chi connectivity index (χ0n) is 17.7. The molecule has 1 N–H and O–H groups in total. The van der Waals surface area contributed by atoms with Crippen LogP contribution in [0.4, 0.5) is 10.8 Å². The summed E-state index contributed by atoms with van der Waals surface area (Å²) in [6, 6.07) is 24.6. The summed E-state index contributed by atoms with van der Waals surface area (Å²) in [5.41, 5.74) is 6.45. The number of carbonyl (C=O) groups excluding carboxylic acids is 1. The van der Waals surface area contributed by atoms with Crippen molar-refractivity contribution >= 4 is 40.0 Å². The predicted octanol–water partition coefficient (Wildman–Crippen LogP) is 6.83. The fraction of sp³-hybridized carbons (Fsp3) is 0.154. The van der Waals surface area contributed by atoms with Crippen molar-refractivity contribution in [2.75, 3.05) is 16.2 Å². The zero-order valence-corrected chi connectivity index (χ0v) is 19.4. The van der Waals surface area contributed by atoms with Gasteiger partial charge in [-0.15, -0.1) is 11.3 Å². The van der Waals surface area contributed by atoms with Crippen LogP contribution in [0.25, 0.3) is 11.3 Å². The normalized spacial score (nSPS) is 13.0. The molecule has 0 saturated heterocycles. The van der Waals surface area contributed by atoms with Gasteiger partial charge in [-0.1, -0.05) is 48.0 Å². The Morgan fingerprint density at radius 1 is 1.03 bits per heavy atom. The van der Waals surface area contributed by atoms with Gasteiger partial charge in [0.2, 0.25) is 0 Å². The second kappa shape index (κ2) is 9.18. The average molecular weight is 458 g/mol. The number of anilines is 2. The van der Waals surface area contributed by atoms with Crippen LogP contribution in [0, 0.1) is 6.92 Å². The molecular formula is C26H23N3OS2. The summed E-state index contributed by atoms with van der Waals surface area (Å²) in [6.45, 7) is 3.09. The standard InChI is InChI=1S/C26H23N3OS2/c1-18-8-10-19(11-9-18)23-17-31-26(27-23)28-25(30)21-12-14-22(15-13-21)32-29-16-4-6-20-5-2-3-7-24(20)29/h2-3,5,7-15,17H,4,6,16H2,1H3,(H,27,28,30). The molecule has 32 heavy (non-hydrogen) atoms. The molecule has 1 aliphatic rings. The van der Waals surface area contributed by atoms with Crippen molar-refractivity contribution in [1.82, 2.24) is 4.98 Å². The Labute approximate surface area is 196 Å². The van der Waals surface area contributed by atoms with Crippen molar-refractivity contribution in [1.29, 1.82) is 0 Å². The minimum Gasteiger partial charge on any atom is -0.312 e. The Kier molecular flexibility index (Phi) is 5.97. The largest absolute Gasteiger partial charge is 0.312 e. The topological polar surface area (TPSA) is 45.2 Å². The Bertz CT molecular complexity index is 1230. The SMILES string of the molecule is Cc1ccc(-c2csc(NC(=O)c3ccc(SN4CCCc5ccccc54)cc3)n2)cc1. The molecule has 0 bridgehead atoms. The summed E-state index contributed by atoms with van der Waals surface area (Å²) in [6.07, 6.45) is 2.29. The maximum atomic E-state index is 12.7. The van der Waals surface area contributed by atoms with E-state index < -0.39 is 0 Å². The monoisotopic (exact) mass is 457 g/mol. The first-order valence-electron chi connectivity index (χ1n) is 10.6. The third-order valence-electron chi connectivity index (χ3n) is 5.47. The van der Waals surface area contributed by atoms with Gasteiger partial charge in [0.05, 0.1) is 11.4 Å². The summed E-state index contributed by atoms with van der Waals surface area (Å²) in [5, 5.41) is 5.50. The van der Waals surface area contributed by atoms with Crippen molar-refractivity contribution < 1.29 is 4.79 Å². The Morgan fingerprint density at radius 2 is 1.81 bits per heavy atom. The van der Waals surface area contributed by atoms with Gasteiger partial charge in [-0.3, -0.25) is 10.1 Å². The lowest BCUT2D eigenvalue weighted by Gasteiger charge is -2.29. The molecule has 5 rings (SSSR count). The average Bonchev–Trinajstić information content (AvgIpc) is 3.29. The van der Waals surface area contributed by atoms with Crippen LogP contribution in [-0.4, -0.2) is 17.4 Å². The second-order valence-corrected chi connectivity index (χ2v) is 9.76. The van der Waals surface area contributed by atoms with Crippen LogP contribution >= 0.6 is 23.3 Å². The summed E-state index contributed by atoms with van der Waals surface area (Å²) < 4.78 is 2.34. The molecule has 0 unspecified atom stereocenters. The maximum absolute atomic E-state index is 12.7. The van der Waals surface area contributed by atoms with E-state index in [-0.39, 0.29) is 5.91 Å². The molecule has 2 heterocycles. The fourth-order valence-electron chi connectivity index (χ4n) is 3.75. The zero-order chi connectivity index (χ0) is 21.9. The highest BCUT2D eigenvalue weighted by molar-refractivity contribution is 8.00. The Morgan fingerprint density at radius 3 is 2.62 bits per heavy atom. The molecule has 160 valence electrons. The third kappa shape index (κ3) is 4.56. The van der Waals surface area contributed by atoms with Crippen LogP contribution in [0.3, 0.4) is 0 Å². The Hall–Kier alpha value is -3.09. The molecule has 6 heteroatoms. The van der Waals surface area contributed by atoms with Crippen LogP contribution in [0.5, 0.6) is 0 Å². The smallest absolute Gasteiger partial charge is 0.257 e. The highest BCUT2D eigenvalue weighted by Crippen LogP contribution is 2.35. The number of nitrogens with one attached hydrogen (secondary N) is 1. The van der Waals surface area contributed by atoms with E-state index in [1.807, 2.05) is 41.8 Å². The van der Waals surface area contributed by atoms with Crippen LogP contribution in [-0.2, 0) is 6.42 Å². The molecule has 0 atom stereocenters. The minimum atomic E-state index is -0.144. The number of aryl methyl sites for hydroxylation is 2. The molecule has 1 aromatic heterocycles. The molecule has 1 aliphatic heterocycles. The van der Waals surface area contributed by atoms with Gasteiger partial charge in [0.25, 0.3) is 5.91 Å². The lowest BCUT2D eigenvalue weighted by molar-refractivity contribution is 0.102. The van der Waals surface area contributed by atoms with E-state index in [4.69, 9.17) is 0 Å². The van der Waals surface area contributed by atoms with Gasteiger partial charge < -0.3 is 4.31 Å². The number of fused-ring (bicyclic) bond motifs is 1. The fourth-order valence-corrected chi connectivity index (χ4v) is 5.47. The number of benzene rings is 3. The molecule has 3 aromatic carbocycles. The molecule has 0 radical (unpaired) electrons. The summed E-state index contributed by atoms with van der Waals surface area (Å²) in [4.78, 5) is 18.4. The molecule has 4 nitrogen and oxygen atoms in total. The number of hydrogen-bond donors (Lipinski definition) is 1. The summed E-state index contributed by atoms with van der Waals surface area (Å²) >= 11 is 3.16. The van der Waals surface area contributed by atoms with Gasteiger partial charge in [-0.25, -0.2) is 4.98 Å². The molecule has 0 saturated carbocycles. The number of aromatic nitrogens is 1. The van der Waals surface area contributed by atoms with Gasteiger partial charge in [-0.05, 0) is 67.6 Å². The highest BCUT2D eigenvalue weighted by Gasteiger charge is 2.17. The number of hydrogen-bond acceptors (Lipinski definition) is 5. The number of rotatable bonds is 5. The lowest BCUT2D eigenvalue weighted by atomic mass is 10.0. The summed E-state index contributed by atoms with van der Waals surface area (Å²) in [7, 11) is 0. The quantitative estimate of drug-likeness (QED) is 0.334. The maximum Gasteiger partial charge on any atom is 0.257 e. The van der Waals surface area contributed by atoms with Gasteiger partial charge in [-0.2, -0.15) is 0 Å². The molecule has 0 aliphatic carbocycles. The van der Waals surface area contributed by atoms with E-state index in [1.54, 1.807) is 11.9 Å². The van der Waals surface area contributed by atoms with Crippen LogP contribution < -0.4 is 9.62 Å². The van der Waals surface area contributed by atoms with E-state index in [9.17, 15) is 4.79 Å². The first-order chi connectivity index (χ1) is 15.7. The van der Waals surface area contributed by atoms with Crippen molar-refractivity contribution in [3.63, 3.8) is 0 Å². The molecule has 0 fully saturated rings. The highest BCUT2D eigenvalue weighted by atomic mass is 32.2. The molecule has 0 spiro atoms. The van der Waals surface area contributed by atoms with Crippen LogP contribution in [0.1, 0.15) is 27.9 Å². The third-order valence-corrected chi connectivity index (χ3v) is 7.31. The van der Waals surface area contributed by atoms with Crippen LogP contribution in [0.2, 0.25) is 0 Å². The summed E-state index contributed by atoms with van der Waals surface area (Å²) in [5.74, 6) is -0.144. The first kappa shape index (κ1) is 20.8. The minimum absolute atomic E-state index is 0.144. The lowest BCUT2D eigenvalue weighted by Crippen LogP contribution is -2.22. The number of carbonyl (C=O) groups is 1. The van der Waals surface area contributed by atoms with Crippen LogP contribution in [0.15, 0.2) is 83.1 Å². The number of thiazole rings is 1. The number of amides is 1.